The van der Waals surface area contributed by atoms with Gasteiger partial charge in [-0.3, -0.25) is 9.59 Å². The van der Waals surface area contributed by atoms with E-state index in [-0.39, 0.29) is 24.8 Å². The van der Waals surface area contributed by atoms with Crippen LogP contribution in [0.5, 0.6) is 0 Å². The van der Waals surface area contributed by atoms with Gasteiger partial charge in [0.25, 0.3) is 5.91 Å². The molecule has 2 N–H and O–H groups in total. The van der Waals surface area contributed by atoms with Gasteiger partial charge < -0.3 is 15.1 Å². The Kier molecular flexibility index (Phi) is 6.23. The lowest BCUT2D eigenvalue weighted by molar-refractivity contribution is -0.116. The standard InChI is InChI=1S/C17H18Br2N2O3/c1-9-4-5-12(18)8-13(9)21-14(22)6-7-20-17(23)15-10(2)24-11(3)16(15)19/h4-5,8H,6-7H2,1-3H3,(H,20,23)(H,21,22). The maximum atomic E-state index is 12.2. The van der Waals surface area contributed by atoms with Crippen LogP contribution in [0.4, 0.5) is 5.69 Å². The zero-order chi connectivity index (χ0) is 17.9. The van der Waals surface area contributed by atoms with Gasteiger partial charge >= 0.3 is 0 Å². The second kappa shape index (κ2) is 7.98. The van der Waals surface area contributed by atoms with Crippen molar-refractivity contribution in [2.24, 2.45) is 0 Å². The monoisotopic (exact) mass is 456 g/mol. The molecule has 2 aromatic rings. The first-order valence-corrected chi connectivity index (χ1v) is 8.98. The molecule has 7 heteroatoms. The minimum atomic E-state index is -0.261. The van der Waals surface area contributed by atoms with Crippen LogP contribution < -0.4 is 10.6 Å². The van der Waals surface area contributed by atoms with Crippen LogP contribution >= 0.6 is 31.9 Å². The third-order valence-electron chi connectivity index (χ3n) is 3.53. The number of rotatable bonds is 5. The number of anilines is 1. The fourth-order valence-corrected chi connectivity index (χ4v) is 3.14. The molecule has 0 aliphatic rings. The summed E-state index contributed by atoms with van der Waals surface area (Å²) in [4.78, 5) is 24.2. The average molecular weight is 458 g/mol. The fourth-order valence-electron chi connectivity index (χ4n) is 2.24. The Morgan fingerprint density at radius 3 is 2.46 bits per heavy atom. The van der Waals surface area contributed by atoms with E-state index in [1.54, 1.807) is 13.8 Å². The van der Waals surface area contributed by atoms with Crippen LogP contribution in [0.15, 0.2) is 31.6 Å². The first-order valence-electron chi connectivity index (χ1n) is 7.39. The van der Waals surface area contributed by atoms with Gasteiger partial charge in [0.1, 0.15) is 11.5 Å². The number of hydrogen-bond acceptors (Lipinski definition) is 3. The molecule has 0 spiro atoms. The van der Waals surface area contributed by atoms with Gasteiger partial charge in [-0.05, 0) is 54.4 Å². The molecular weight excluding hydrogens is 440 g/mol. The molecule has 0 fully saturated rings. The van der Waals surface area contributed by atoms with Crippen molar-refractivity contribution in [2.75, 3.05) is 11.9 Å². The van der Waals surface area contributed by atoms with Gasteiger partial charge in [0, 0.05) is 23.1 Å². The van der Waals surface area contributed by atoms with Crippen molar-refractivity contribution < 1.29 is 14.0 Å². The number of carbonyl (C=O) groups is 2. The summed E-state index contributed by atoms with van der Waals surface area (Å²) >= 11 is 6.72. The van der Waals surface area contributed by atoms with Crippen LogP contribution in [0.3, 0.4) is 0 Å². The van der Waals surface area contributed by atoms with Crippen molar-refractivity contribution >= 4 is 49.4 Å². The molecule has 0 unspecified atom stereocenters. The number of benzene rings is 1. The number of nitrogens with one attached hydrogen (secondary N) is 2. The van der Waals surface area contributed by atoms with E-state index in [1.165, 1.54) is 0 Å². The number of halogens is 2. The zero-order valence-corrected chi connectivity index (χ0v) is 16.8. The molecule has 1 aromatic carbocycles. The Labute approximate surface area is 157 Å². The lowest BCUT2D eigenvalue weighted by atomic mass is 10.2. The van der Waals surface area contributed by atoms with Crippen LogP contribution in [-0.4, -0.2) is 18.4 Å². The van der Waals surface area contributed by atoms with E-state index in [9.17, 15) is 9.59 Å². The number of carbonyl (C=O) groups excluding carboxylic acids is 2. The summed E-state index contributed by atoms with van der Waals surface area (Å²) in [7, 11) is 0. The predicted octanol–water partition coefficient (Wildman–Crippen LogP) is 4.49. The largest absolute Gasteiger partial charge is 0.465 e. The van der Waals surface area contributed by atoms with Crippen LogP contribution in [0.25, 0.3) is 0 Å². The first-order chi connectivity index (χ1) is 11.3. The lowest BCUT2D eigenvalue weighted by Gasteiger charge is -2.09. The molecule has 1 heterocycles. The van der Waals surface area contributed by atoms with Crippen LogP contribution in [-0.2, 0) is 4.79 Å². The van der Waals surface area contributed by atoms with Crippen molar-refractivity contribution in [1.82, 2.24) is 5.32 Å². The summed E-state index contributed by atoms with van der Waals surface area (Å²) in [6.45, 7) is 5.68. The topological polar surface area (TPSA) is 71.3 Å². The highest BCUT2D eigenvalue weighted by Crippen LogP contribution is 2.27. The molecule has 0 radical (unpaired) electrons. The zero-order valence-electron chi connectivity index (χ0n) is 13.6. The van der Waals surface area contributed by atoms with Gasteiger partial charge in [-0.2, -0.15) is 0 Å². The normalized spacial score (nSPS) is 10.5. The van der Waals surface area contributed by atoms with Crippen molar-refractivity contribution in [2.45, 2.75) is 27.2 Å². The van der Waals surface area contributed by atoms with Crippen molar-refractivity contribution in [3.8, 4) is 0 Å². The van der Waals surface area contributed by atoms with Gasteiger partial charge in [0.05, 0.1) is 10.0 Å². The Morgan fingerprint density at radius 1 is 1.12 bits per heavy atom. The van der Waals surface area contributed by atoms with E-state index in [4.69, 9.17) is 4.42 Å². The van der Waals surface area contributed by atoms with Gasteiger partial charge in [-0.25, -0.2) is 0 Å². The highest BCUT2D eigenvalue weighted by Gasteiger charge is 2.19. The van der Waals surface area contributed by atoms with E-state index in [2.05, 4.69) is 42.5 Å². The van der Waals surface area contributed by atoms with Crippen molar-refractivity contribution in [1.29, 1.82) is 0 Å². The number of aryl methyl sites for hydroxylation is 3. The Bertz CT molecular complexity index is 784. The molecule has 128 valence electrons. The summed E-state index contributed by atoms with van der Waals surface area (Å²) in [6, 6.07) is 5.68. The average Bonchev–Trinajstić information content (AvgIpc) is 2.76. The Hall–Kier alpha value is -1.60. The minimum Gasteiger partial charge on any atom is -0.465 e. The molecule has 1 aromatic heterocycles. The molecule has 0 saturated heterocycles. The molecule has 0 bridgehead atoms. The van der Waals surface area contributed by atoms with E-state index < -0.39 is 0 Å². The smallest absolute Gasteiger partial charge is 0.256 e. The van der Waals surface area contributed by atoms with E-state index >= 15 is 0 Å². The number of furan rings is 1. The van der Waals surface area contributed by atoms with E-state index in [0.717, 1.165) is 15.7 Å². The van der Waals surface area contributed by atoms with Crippen LogP contribution in [0.2, 0.25) is 0 Å². The number of amides is 2. The fraction of sp³-hybridized carbons (Fsp3) is 0.294. The third-order valence-corrected chi connectivity index (χ3v) is 4.97. The van der Waals surface area contributed by atoms with E-state index in [1.807, 2.05) is 25.1 Å². The van der Waals surface area contributed by atoms with Crippen molar-refractivity contribution in [3.63, 3.8) is 0 Å². The second-order valence-corrected chi connectivity index (χ2v) is 7.13. The highest BCUT2D eigenvalue weighted by molar-refractivity contribution is 9.10. The molecular formula is C17H18Br2N2O3. The minimum absolute atomic E-state index is 0.157. The first kappa shape index (κ1) is 18.7. The molecule has 0 aliphatic carbocycles. The third kappa shape index (κ3) is 4.48. The van der Waals surface area contributed by atoms with Gasteiger partial charge in [-0.15, -0.1) is 0 Å². The molecule has 2 amide bonds. The maximum Gasteiger partial charge on any atom is 0.256 e. The predicted molar refractivity (Wildman–Crippen MR) is 100 cm³/mol. The summed E-state index contributed by atoms with van der Waals surface area (Å²) in [5.74, 6) is 0.782. The summed E-state index contributed by atoms with van der Waals surface area (Å²) in [5, 5.41) is 5.58. The SMILES string of the molecule is Cc1ccc(Br)cc1NC(=O)CCNC(=O)c1c(C)oc(C)c1Br. The summed E-state index contributed by atoms with van der Waals surface area (Å²) in [5.41, 5.74) is 2.20. The van der Waals surface area contributed by atoms with Gasteiger partial charge in [-0.1, -0.05) is 22.0 Å². The summed E-state index contributed by atoms with van der Waals surface area (Å²) < 4.78 is 6.95. The molecule has 0 atom stereocenters. The molecule has 2 rings (SSSR count). The Balaban J connectivity index is 1.88. The Morgan fingerprint density at radius 2 is 1.83 bits per heavy atom. The molecule has 5 nitrogen and oxygen atoms in total. The summed E-state index contributed by atoms with van der Waals surface area (Å²) in [6.07, 6.45) is 0.186. The van der Waals surface area contributed by atoms with E-state index in [0.29, 0.717) is 21.6 Å². The van der Waals surface area contributed by atoms with Crippen LogP contribution in [0.1, 0.15) is 33.9 Å². The van der Waals surface area contributed by atoms with Gasteiger partial charge in [0.15, 0.2) is 0 Å². The number of hydrogen-bond donors (Lipinski definition) is 2. The molecule has 0 aliphatic heterocycles. The van der Waals surface area contributed by atoms with Crippen LogP contribution in [0, 0.1) is 20.8 Å². The quantitative estimate of drug-likeness (QED) is 0.694. The highest BCUT2D eigenvalue weighted by atomic mass is 79.9. The van der Waals surface area contributed by atoms with Crippen molar-refractivity contribution in [3.05, 3.63) is 49.8 Å². The second-order valence-electron chi connectivity index (χ2n) is 5.42. The molecule has 24 heavy (non-hydrogen) atoms. The van der Waals surface area contributed by atoms with Gasteiger partial charge in [0.2, 0.25) is 5.91 Å². The lowest BCUT2D eigenvalue weighted by Crippen LogP contribution is -2.28. The maximum absolute atomic E-state index is 12.2. The molecule has 0 saturated carbocycles.